The van der Waals surface area contributed by atoms with E-state index in [2.05, 4.69) is 52.0 Å². The Labute approximate surface area is 180 Å². The first-order valence-electron chi connectivity index (χ1n) is 9.73. The van der Waals surface area contributed by atoms with Gasteiger partial charge < -0.3 is 9.47 Å². The van der Waals surface area contributed by atoms with E-state index in [1.807, 2.05) is 48.5 Å². The summed E-state index contributed by atoms with van der Waals surface area (Å²) in [5.41, 5.74) is 3.27. The zero-order valence-electron chi connectivity index (χ0n) is 17.0. The summed E-state index contributed by atoms with van der Waals surface area (Å²) in [7, 11) is 1.64. The molecule has 0 aliphatic carbocycles. The highest BCUT2D eigenvalue weighted by atomic mass is 32.2. The minimum atomic E-state index is 0.534. The molecule has 1 heterocycles. The summed E-state index contributed by atoms with van der Waals surface area (Å²) < 4.78 is 13.3. The highest BCUT2D eigenvalue weighted by Gasteiger charge is 2.16. The molecule has 3 aromatic carbocycles. The summed E-state index contributed by atoms with van der Waals surface area (Å²) in [6, 6.07) is 26.2. The van der Waals surface area contributed by atoms with Crippen molar-refractivity contribution in [3.05, 3.63) is 84.4 Å². The number of hydrogen-bond donors (Lipinski definition) is 0. The van der Waals surface area contributed by atoms with Crippen molar-refractivity contribution in [3.8, 4) is 28.6 Å². The minimum absolute atomic E-state index is 0.534. The van der Waals surface area contributed by atoms with Crippen LogP contribution in [0.4, 0.5) is 0 Å². The van der Waals surface area contributed by atoms with Crippen molar-refractivity contribution >= 4 is 11.8 Å². The van der Waals surface area contributed by atoms with Crippen LogP contribution >= 0.6 is 11.8 Å². The van der Waals surface area contributed by atoms with Gasteiger partial charge in [-0.3, -0.25) is 4.57 Å². The molecule has 0 fully saturated rings. The van der Waals surface area contributed by atoms with Gasteiger partial charge in [0, 0.05) is 17.0 Å². The molecule has 0 amide bonds. The van der Waals surface area contributed by atoms with Crippen LogP contribution in [0.3, 0.4) is 0 Å². The smallest absolute Gasteiger partial charge is 0.196 e. The Balaban J connectivity index is 1.55. The Hall–Kier alpha value is -3.25. The molecular formula is C24H23N3O2S. The topological polar surface area (TPSA) is 49.2 Å². The van der Waals surface area contributed by atoms with Gasteiger partial charge in [0.2, 0.25) is 0 Å². The number of benzene rings is 3. The van der Waals surface area contributed by atoms with Gasteiger partial charge in [0.1, 0.15) is 0 Å². The molecular weight excluding hydrogens is 394 g/mol. The fourth-order valence-corrected chi connectivity index (χ4v) is 3.94. The van der Waals surface area contributed by atoms with Crippen molar-refractivity contribution in [1.29, 1.82) is 0 Å². The quantitative estimate of drug-likeness (QED) is 0.283. The molecule has 1 aromatic heterocycles. The van der Waals surface area contributed by atoms with Crippen LogP contribution < -0.4 is 9.47 Å². The Morgan fingerprint density at radius 3 is 2.40 bits per heavy atom. The number of rotatable bonds is 8. The lowest BCUT2D eigenvalue weighted by atomic mass is 10.1. The van der Waals surface area contributed by atoms with Crippen LogP contribution in [0.5, 0.6) is 11.5 Å². The predicted octanol–water partition coefficient (Wildman–Crippen LogP) is 5.42. The molecule has 152 valence electrons. The van der Waals surface area contributed by atoms with Crippen LogP contribution in [0, 0.1) is 6.92 Å². The zero-order chi connectivity index (χ0) is 20.8. The molecule has 4 aromatic rings. The molecule has 4 rings (SSSR count). The third-order valence-electron chi connectivity index (χ3n) is 4.57. The second-order valence-corrected chi connectivity index (χ2v) is 7.76. The van der Waals surface area contributed by atoms with Gasteiger partial charge >= 0.3 is 0 Å². The lowest BCUT2D eigenvalue weighted by Gasteiger charge is -2.12. The van der Waals surface area contributed by atoms with Crippen molar-refractivity contribution in [2.24, 2.45) is 0 Å². The number of nitrogens with zero attached hydrogens (tertiary/aromatic N) is 3. The number of ether oxygens (including phenoxy) is 2. The first-order valence-corrected chi connectivity index (χ1v) is 10.7. The largest absolute Gasteiger partial charge is 0.493 e. The van der Waals surface area contributed by atoms with Crippen LogP contribution in [0.1, 0.15) is 5.56 Å². The Morgan fingerprint density at radius 2 is 1.63 bits per heavy atom. The molecule has 0 N–H and O–H groups in total. The van der Waals surface area contributed by atoms with E-state index in [1.54, 1.807) is 18.9 Å². The lowest BCUT2D eigenvalue weighted by Crippen LogP contribution is -2.04. The van der Waals surface area contributed by atoms with E-state index >= 15 is 0 Å². The van der Waals surface area contributed by atoms with Gasteiger partial charge in [-0.05, 0) is 37.3 Å². The molecule has 0 atom stereocenters. The number of aromatic nitrogens is 3. The second-order valence-electron chi connectivity index (χ2n) is 6.69. The Kier molecular flexibility index (Phi) is 6.35. The molecule has 5 nitrogen and oxygen atoms in total. The molecule has 0 bridgehead atoms. The van der Waals surface area contributed by atoms with Crippen LogP contribution in [0.2, 0.25) is 0 Å². The van der Waals surface area contributed by atoms with Crippen LogP contribution in [-0.2, 0) is 0 Å². The SMILES string of the molecule is COc1ccccc1OCCSc1nnc(-c2cccc(C)c2)n1-c1ccccc1. The maximum Gasteiger partial charge on any atom is 0.196 e. The highest BCUT2D eigenvalue weighted by molar-refractivity contribution is 7.99. The normalized spacial score (nSPS) is 10.7. The zero-order valence-corrected chi connectivity index (χ0v) is 17.8. The Morgan fingerprint density at radius 1 is 0.867 bits per heavy atom. The van der Waals surface area contributed by atoms with Crippen molar-refractivity contribution in [2.45, 2.75) is 12.1 Å². The number of hydrogen-bond acceptors (Lipinski definition) is 5. The number of methoxy groups -OCH3 is 1. The minimum Gasteiger partial charge on any atom is -0.493 e. The third-order valence-corrected chi connectivity index (χ3v) is 5.46. The van der Waals surface area contributed by atoms with Gasteiger partial charge in [-0.15, -0.1) is 10.2 Å². The van der Waals surface area contributed by atoms with Gasteiger partial charge in [0.05, 0.1) is 13.7 Å². The first-order chi connectivity index (χ1) is 14.8. The van der Waals surface area contributed by atoms with Crippen LogP contribution in [0.15, 0.2) is 84.0 Å². The van der Waals surface area contributed by atoms with E-state index in [9.17, 15) is 0 Å². The number of aryl methyl sites for hydroxylation is 1. The van der Waals surface area contributed by atoms with Crippen molar-refractivity contribution < 1.29 is 9.47 Å². The van der Waals surface area contributed by atoms with Crippen molar-refractivity contribution in [1.82, 2.24) is 14.8 Å². The Bertz CT molecular complexity index is 1110. The summed E-state index contributed by atoms with van der Waals surface area (Å²) in [6.07, 6.45) is 0. The van der Waals surface area contributed by atoms with E-state index in [-0.39, 0.29) is 0 Å². The first kappa shape index (κ1) is 20.0. The molecule has 6 heteroatoms. The monoisotopic (exact) mass is 417 g/mol. The molecule has 0 aliphatic rings. The highest BCUT2D eigenvalue weighted by Crippen LogP contribution is 2.29. The molecule has 0 saturated heterocycles. The van der Waals surface area contributed by atoms with Gasteiger partial charge in [-0.1, -0.05) is 65.9 Å². The van der Waals surface area contributed by atoms with E-state index < -0.39 is 0 Å². The fraction of sp³-hybridized carbons (Fsp3) is 0.167. The van der Waals surface area contributed by atoms with Gasteiger partial charge in [-0.25, -0.2) is 0 Å². The molecule has 0 saturated carbocycles. The fourth-order valence-electron chi connectivity index (χ4n) is 3.17. The number of thioether (sulfide) groups is 1. The van der Waals surface area contributed by atoms with Crippen molar-refractivity contribution in [2.75, 3.05) is 19.5 Å². The standard InChI is InChI=1S/C24H23N3O2S/c1-18-9-8-10-19(17-18)23-25-26-24(27(23)20-11-4-3-5-12-20)30-16-15-29-22-14-7-6-13-21(22)28-2/h3-14,17H,15-16H2,1-2H3. The average Bonchev–Trinajstić information content (AvgIpc) is 3.21. The lowest BCUT2D eigenvalue weighted by molar-refractivity contribution is 0.313. The van der Waals surface area contributed by atoms with E-state index in [1.165, 1.54) is 5.56 Å². The predicted molar refractivity (Wildman–Crippen MR) is 121 cm³/mol. The molecule has 30 heavy (non-hydrogen) atoms. The summed E-state index contributed by atoms with van der Waals surface area (Å²) in [6.45, 7) is 2.62. The van der Waals surface area contributed by atoms with E-state index in [4.69, 9.17) is 9.47 Å². The molecule has 0 spiro atoms. The molecule has 0 radical (unpaired) electrons. The van der Waals surface area contributed by atoms with Crippen LogP contribution in [0.25, 0.3) is 17.1 Å². The summed E-state index contributed by atoms with van der Waals surface area (Å²) in [4.78, 5) is 0. The van der Waals surface area contributed by atoms with Gasteiger partial charge in [-0.2, -0.15) is 0 Å². The van der Waals surface area contributed by atoms with Crippen molar-refractivity contribution in [3.63, 3.8) is 0 Å². The van der Waals surface area contributed by atoms with Gasteiger partial charge in [0.15, 0.2) is 22.5 Å². The molecule has 0 aliphatic heterocycles. The molecule has 0 unspecified atom stereocenters. The van der Waals surface area contributed by atoms with E-state index in [0.29, 0.717) is 6.61 Å². The maximum absolute atomic E-state index is 5.90. The van der Waals surface area contributed by atoms with E-state index in [0.717, 1.165) is 39.5 Å². The third kappa shape index (κ3) is 4.49. The van der Waals surface area contributed by atoms with Crippen LogP contribution in [-0.4, -0.2) is 34.2 Å². The second kappa shape index (κ2) is 9.50. The average molecular weight is 418 g/mol. The number of para-hydroxylation sites is 3. The van der Waals surface area contributed by atoms with Gasteiger partial charge in [0.25, 0.3) is 0 Å². The summed E-state index contributed by atoms with van der Waals surface area (Å²) in [5, 5.41) is 9.81. The summed E-state index contributed by atoms with van der Waals surface area (Å²) in [5.74, 6) is 3.04. The maximum atomic E-state index is 5.90. The summed E-state index contributed by atoms with van der Waals surface area (Å²) >= 11 is 1.62.